The van der Waals surface area contributed by atoms with Gasteiger partial charge in [0.1, 0.15) is 5.75 Å². The van der Waals surface area contributed by atoms with E-state index in [0.717, 1.165) is 16.8 Å². The highest BCUT2D eigenvalue weighted by atomic mass is 16.7. The van der Waals surface area contributed by atoms with Gasteiger partial charge in [-0.1, -0.05) is 100 Å². The molecule has 4 rings (SSSR count). The third-order valence-corrected chi connectivity index (χ3v) is 8.33. The van der Waals surface area contributed by atoms with E-state index in [1.807, 2.05) is 6.07 Å². The molecule has 1 saturated heterocycles. The maximum absolute atomic E-state index is 6.57. The Morgan fingerprint density at radius 1 is 0.703 bits per heavy atom. The predicted octanol–water partition coefficient (Wildman–Crippen LogP) is 6.62. The number of hydrogen-bond acceptors (Lipinski definition) is 4. The van der Waals surface area contributed by atoms with Crippen molar-refractivity contribution in [3.63, 3.8) is 0 Å². The van der Waals surface area contributed by atoms with Gasteiger partial charge in [-0.2, -0.15) is 0 Å². The monoisotopic (exact) mass is 500 g/mol. The third-order valence-electron chi connectivity index (χ3n) is 8.33. The zero-order chi connectivity index (χ0) is 27.1. The van der Waals surface area contributed by atoms with Crippen molar-refractivity contribution < 1.29 is 18.8 Å². The van der Waals surface area contributed by atoms with E-state index in [1.54, 1.807) is 7.11 Å². The van der Waals surface area contributed by atoms with Gasteiger partial charge in [0.25, 0.3) is 0 Å². The topological polar surface area (TPSA) is 36.9 Å². The molecule has 0 atom stereocenters. The molecule has 5 heteroatoms. The lowest BCUT2D eigenvalue weighted by atomic mass is 9.67. The quantitative estimate of drug-likeness (QED) is 0.257. The summed E-state index contributed by atoms with van der Waals surface area (Å²) in [5.74, 6) is 0.752. The fourth-order valence-electron chi connectivity index (χ4n) is 4.93. The largest absolute Gasteiger partial charge is 0.498 e. The van der Waals surface area contributed by atoms with Crippen LogP contribution in [0.15, 0.2) is 72.8 Å². The normalized spacial score (nSPS) is 17.2. The van der Waals surface area contributed by atoms with Crippen LogP contribution in [0.4, 0.5) is 0 Å². The molecule has 0 amide bonds. The summed E-state index contributed by atoms with van der Waals surface area (Å²) in [6, 6.07) is 25.7. The van der Waals surface area contributed by atoms with Crippen LogP contribution in [0, 0.1) is 0 Å². The van der Waals surface area contributed by atoms with Crippen LogP contribution in [0.5, 0.6) is 5.75 Å². The Hall–Kier alpha value is -2.60. The number of hydrogen-bond donors (Lipinski definition) is 0. The van der Waals surface area contributed by atoms with Gasteiger partial charge in [-0.15, -0.1) is 0 Å². The minimum absolute atomic E-state index is 0.131. The van der Waals surface area contributed by atoms with Crippen LogP contribution in [0.3, 0.4) is 0 Å². The zero-order valence-corrected chi connectivity index (χ0v) is 23.8. The molecule has 3 aromatic carbocycles. The smallest absolute Gasteiger partial charge is 0.468 e. The highest BCUT2D eigenvalue weighted by Crippen LogP contribution is 2.43. The fourth-order valence-corrected chi connectivity index (χ4v) is 4.93. The van der Waals surface area contributed by atoms with Gasteiger partial charge in [0.05, 0.1) is 11.2 Å². The molecule has 1 aliphatic heterocycles. The molecule has 0 aromatic heterocycles. The van der Waals surface area contributed by atoms with Gasteiger partial charge in [0.15, 0.2) is 6.79 Å². The van der Waals surface area contributed by atoms with E-state index < -0.39 is 18.3 Å². The van der Waals surface area contributed by atoms with Gasteiger partial charge in [-0.3, -0.25) is 0 Å². The van der Waals surface area contributed by atoms with Crippen LogP contribution in [-0.4, -0.2) is 32.2 Å². The van der Waals surface area contributed by atoms with Gasteiger partial charge in [-0.25, -0.2) is 0 Å². The Kier molecular flexibility index (Phi) is 7.37. The molecule has 0 unspecified atom stereocenters. The van der Waals surface area contributed by atoms with Gasteiger partial charge in [-0.05, 0) is 44.4 Å². The van der Waals surface area contributed by atoms with E-state index in [4.69, 9.17) is 18.8 Å². The van der Waals surface area contributed by atoms with Crippen molar-refractivity contribution in [2.75, 3.05) is 13.9 Å². The second-order valence-corrected chi connectivity index (χ2v) is 12.1. The van der Waals surface area contributed by atoms with Gasteiger partial charge < -0.3 is 18.8 Å². The molecular formula is C32H41BO4. The van der Waals surface area contributed by atoms with Crippen LogP contribution < -0.4 is 10.2 Å². The highest BCUT2D eigenvalue weighted by Gasteiger charge is 2.53. The summed E-state index contributed by atoms with van der Waals surface area (Å²) in [5.41, 5.74) is 4.00. The lowest BCUT2D eigenvalue weighted by molar-refractivity contribution is 0.00578. The first-order valence-corrected chi connectivity index (χ1v) is 13.1. The van der Waals surface area contributed by atoms with E-state index in [0.29, 0.717) is 0 Å². The summed E-state index contributed by atoms with van der Waals surface area (Å²) in [5, 5.41) is 0. The molecule has 1 aliphatic rings. The Morgan fingerprint density at radius 3 is 1.68 bits per heavy atom. The zero-order valence-electron chi connectivity index (χ0n) is 23.8. The Bertz CT molecular complexity index is 1200. The van der Waals surface area contributed by atoms with Crippen molar-refractivity contribution in [1.29, 1.82) is 0 Å². The van der Waals surface area contributed by atoms with Crippen LogP contribution in [0.2, 0.25) is 0 Å². The maximum Gasteiger partial charge on any atom is 0.498 e. The van der Waals surface area contributed by atoms with Gasteiger partial charge in [0, 0.05) is 29.0 Å². The van der Waals surface area contributed by atoms with Crippen LogP contribution >= 0.6 is 0 Å². The Morgan fingerprint density at radius 2 is 1.19 bits per heavy atom. The van der Waals surface area contributed by atoms with E-state index in [1.165, 1.54) is 16.7 Å². The first-order chi connectivity index (χ1) is 17.3. The second kappa shape index (κ2) is 9.94. The molecule has 4 nitrogen and oxygen atoms in total. The summed E-state index contributed by atoms with van der Waals surface area (Å²) < 4.78 is 24.9. The predicted molar refractivity (Wildman–Crippen MR) is 152 cm³/mol. The van der Waals surface area contributed by atoms with E-state index in [-0.39, 0.29) is 17.6 Å². The molecule has 0 N–H and O–H groups in total. The first kappa shape index (κ1) is 27.4. The van der Waals surface area contributed by atoms with Crippen LogP contribution in [-0.2, 0) is 24.9 Å². The summed E-state index contributed by atoms with van der Waals surface area (Å²) in [4.78, 5) is 0. The molecule has 0 saturated carbocycles. The van der Waals surface area contributed by atoms with Gasteiger partial charge in [0.2, 0.25) is 0 Å². The molecule has 3 aromatic rings. The molecule has 1 fully saturated rings. The molecule has 196 valence electrons. The molecule has 1 heterocycles. The molecule has 0 aliphatic carbocycles. The fraction of sp³-hybridized carbons (Fsp3) is 0.438. The Balaban J connectivity index is 2.00. The molecule has 0 radical (unpaired) electrons. The van der Waals surface area contributed by atoms with Crippen molar-refractivity contribution in [2.24, 2.45) is 0 Å². The van der Waals surface area contributed by atoms with Crippen molar-refractivity contribution in [3.8, 4) is 5.75 Å². The summed E-state index contributed by atoms with van der Waals surface area (Å²) in [6.07, 6.45) is 0. The molecule has 37 heavy (non-hydrogen) atoms. The molecular weight excluding hydrogens is 459 g/mol. The summed E-state index contributed by atoms with van der Waals surface area (Å²) in [6.45, 7) is 17.5. The molecule has 0 bridgehead atoms. The average molecular weight is 500 g/mol. The SMILES string of the molecule is COCOc1c(B2OC(C)(C)C(C)(C)O2)cc(C(C)(C)c2ccccc2)cc1C(C)(C)c1ccccc1. The van der Waals surface area contributed by atoms with Crippen molar-refractivity contribution in [1.82, 2.24) is 0 Å². The van der Waals surface area contributed by atoms with Crippen LogP contribution in [0.1, 0.15) is 77.6 Å². The average Bonchev–Trinajstić information content (AvgIpc) is 3.09. The number of methoxy groups -OCH3 is 1. The van der Waals surface area contributed by atoms with Gasteiger partial charge >= 0.3 is 7.12 Å². The van der Waals surface area contributed by atoms with Crippen molar-refractivity contribution >= 4 is 12.6 Å². The van der Waals surface area contributed by atoms with Crippen molar-refractivity contribution in [3.05, 3.63) is 95.1 Å². The van der Waals surface area contributed by atoms with E-state index in [9.17, 15) is 0 Å². The molecule has 0 spiro atoms. The third kappa shape index (κ3) is 5.10. The second-order valence-electron chi connectivity index (χ2n) is 12.1. The first-order valence-electron chi connectivity index (χ1n) is 13.1. The highest BCUT2D eigenvalue weighted by molar-refractivity contribution is 6.63. The van der Waals surface area contributed by atoms with Crippen LogP contribution in [0.25, 0.3) is 0 Å². The summed E-state index contributed by atoms with van der Waals surface area (Å²) in [7, 11) is 1.07. The lowest BCUT2D eigenvalue weighted by Gasteiger charge is -2.34. The van der Waals surface area contributed by atoms with E-state index >= 15 is 0 Å². The standard InChI is InChI=1S/C32H41BO4/c1-29(2,23-16-12-10-13-17-23)25-20-26(30(3,4)24-18-14-11-15-19-24)28(35-22-34-9)27(21-25)33-36-31(5,6)32(7,8)37-33/h10-21H,22H2,1-9H3. The van der Waals surface area contributed by atoms with Crippen molar-refractivity contribution in [2.45, 2.75) is 77.4 Å². The van der Waals surface area contributed by atoms with E-state index in [2.05, 4.69) is 122 Å². The number of ether oxygens (including phenoxy) is 2. The minimum atomic E-state index is -0.575. The lowest BCUT2D eigenvalue weighted by Crippen LogP contribution is -2.41. The number of rotatable bonds is 8. The summed E-state index contributed by atoms with van der Waals surface area (Å²) >= 11 is 0. The minimum Gasteiger partial charge on any atom is -0.468 e. The number of benzene rings is 3. The Labute approximate surface area is 223 Å². The maximum atomic E-state index is 6.57.